The van der Waals surface area contributed by atoms with Crippen molar-refractivity contribution >= 4 is 5.97 Å². The number of rotatable bonds is 2. The van der Waals surface area contributed by atoms with Crippen molar-refractivity contribution in [1.29, 1.82) is 0 Å². The Kier molecular flexibility index (Phi) is 1.86. The molecular formula is C13H11N3O3. The third kappa shape index (κ3) is 1.39. The number of carboxylic acid groups (broad SMARTS) is 1. The van der Waals surface area contributed by atoms with Gasteiger partial charge >= 0.3 is 5.97 Å². The lowest BCUT2D eigenvalue weighted by molar-refractivity contribution is -0.605. The van der Waals surface area contributed by atoms with E-state index in [9.17, 15) is 15.1 Å². The summed E-state index contributed by atoms with van der Waals surface area (Å²) in [7, 11) is 0. The van der Waals surface area contributed by atoms with Crippen molar-refractivity contribution in [2.24, 2.45) is 5.92 Å². The smallest absolute Gasteiger partial charge is 0.356 e. The summed E-state index contributed by atoms with van der Waals surface area (Å²) in [5.74, 6) is -0.0152. The Balaban J connectivity index is 1.94. The molecule has 1 N–H and O–H groups in total. The molecule has 19 heavy (non-hydrogen) atoms. The molecule has 2 aromatic rings. The quantitative estimate of drug-likeness (QED) is 0.639. The minimum absolute atomic E-state index is 0.128. The first-order valence-corrected chi connectivity index (χ1v) is 6.19. The van der Waals surface area contributed by atoms with Crippen LogP contribution in [0.2, 0.25) is 0 Å². The van der Waals surface area contributed by atoms with Crippen molar-refractivity contribution in [3.8, 4) is 5.69 Å². The van der Waals surface area contributed by atoms with E-state index in [4.69, 9.17) is 0 Å². The summed E-state index contributed by atoms with van der Waals surface area (Å²) in [6.45, 7) is 0. The van der Waals surface area contributed by atoms with Crippen molar-refractivity contribution in [2.45, 2.75) is 18.8 Å². The fraction of sp³-hybridized carbons (Fsp3) is 0.308. The van der Waals surface area contributed by atoms with Gasteiger partial charge in [-0.1, -0.05) is 0 Å². The number of hydrogen-bond donors (Lipinski definition) is 1. The Morgan fingerprint density at radius 1 is 1.58 bits per heavy atom. The van der Waals surface area contributed by atoms with E-state index in [1.165, 1.54) is 12.4 Å². The molecular weight excluding hydrogens is 246 g/mol. The first-order chi connectivity index (χ1) is 9.15. The predicted molar refractivity (Wildman–Crippen MR) is 64.0 cm³/mol. The molecule has 4 rings (SSSR count). The average Bonchev–Trinajstić information content (AvgIpc) is 2.87. The third-order valence-electron chi connectivity index (χ3n) is 3.97. The number of carboxylic acids is 1. The van der Waals surface area contributed by atoms with Gasteiger partial charge in [0.15, 0.2) is 11.9 Å². The Labute approximate surface area is 108 Å². The second kappa shape index (κ2) is 3.34. The second-order valence-corrected chi connectivity index (χ2v) is 5.16. The lowest BCUT2D eigenvalue weighted by atomic mass is 10.1. The molecule has 2 atom stereocenters. The van der Waals surface area contributed by atoms with Crippen LogP contribution >= 0.6 is 0 Å². The van der Waals surface area contributed by atoms with Gasteiger partial charge in [-0.2, -0.15) is 9.83 Å². The van der Waals surface area contributed by atoms with Crippen molar-refractivity contribution in [3.63, 3.8) is 0 Å². The highest BCUT2D eigenvalue weighted by Gasteiger charge is 2.50. The van der Waals surface area contributed by atoms with Crippen molar-refractivity contribution in [2.75, 3.05) is 0 Å². The first-order valence-electron chi connectivity index (χ1n) is 6.19. The predicted octanol–water partition coefficient (Wildman–Crippen LogP) is 0.863. The fourth-order valence-corrected chi connectivity index (χ4v) is 3.05. The average molecular weight is 257 g/mol. The van der Waals surface area contributed by atoms with Gasteiger partial charge in [-0.15, -0.1) is 0 Å². The van der Waals surface area contributed by atoms with Crippen molar-refractivity contribution in [3.05, 3.63) is 46.7 Å². The van der Waals surface area contributed by atoms with Gasteiger partial charge in [0.25, 0.3) is 0 Å². The van der Waals surface area contributed by atoms with E-state index in [2.05, 4.69) is 5.10 Å². The fourth-order valence-electron chi connectivity index (χ4n) is 3.05. The van der Waals surface area contributed by atoms with E-state index in [0.717, 1.165) is 24.1 Å². The number of hydrogen-bond acceptors (Lipinski definition) is 3. The highest BCUT2D eigenvalue weighted by atomic mass is 16.5. The molecule has 2 aromatic heterocycles. The van der Waals surface area contributed by atoms with Gasteiger partial charge in [-0.25, -0.2) is 9.48 Å². The number of nitrogens with zero attached hydrogens (tertiary/aromatic N) is 3. The lowest BCUT2D eigenvalue weighted by Gasteiger charge is -2.05. The largest absolute Gasteiger partial charge is 0.619 e. The van der Waals surface area contributed by atoms with Gasteiger partial charge in [0.2, 0.25) is 6.20 Å². The topological polar surface area (TPSA) is 82.1 Å². The van der Waals surface area contributed by atoms with Crippen LogP contribution in [0.15, 0.2) is 24.5 Å². The van der Waals surface area contributed by atoms with E-state index in [0.29, 0.717) is 22.3 Å². The molecule has 1 fully saturated rings. The maximum absolute atomic E-state index is 11.4. The van der Waals surface area contributed by atoms with E-state index in [1.807, 2.05) is 0 Å². The molecule has 0 bridgehead atoms. The van der Waals surface area contributed by atoms with Crippen LogP contribution in [0.1, 0.15) is 34.1 Å². The van der Waals surface area contributed by atoms with E-state index < -0.39 is 5.97 Å². The molecule has 6 nitrogen and oxygen atoms in total. The Hall–Kier alpha value is -2.37. The van der Waals surface area contributed by atoms with Gasteiger partial charge < -0.3 is 10.3 Å². The summed E-state index contributed by atoms with van der Waals surface area (Å²) in [5, 5.41) is 24.8. The minimum Gasteiger partial charge on any atom is -0.619 e. The molecule has 0 aromatic carbocycles. The van der Waals surface area contributed by atoms with Crippen LogP contribution in [-0.4, -0.2) is 20.9 Å². The molecule has 6 heteroatoms. The maximum Gasteiger partial charge on any atom is 0.356 e. The zero-order valence-corrected chi connectivity index (χ0v) is 9.98. The summed E-state index contributed by atoms with van der Waals surface area (Å²) in [6.07, 6.45) is 4.70. The lowest BCUT2D eigenvalue weighted by Crippen LogP contribution is -2.25. The normalized spacial score (nSPS) is 22.9. The molecule has 2 aliphatic rings. The van der Waals surface area contributed by atoms with Crippen LogP contribution < -0.4 is 4.73 Å². The van der Waals surface area contributed by atoms with Crippen LogP contribution in [0.25, 0.3) is 5.69 Å². The molecule has 0 aliphatic heterocycles. The van der Waals surface area contributed by atoms with E-state index >= 15 is 0 Å². The molecule has 0 unspecified atom stereocenters. The molecule has 0 radical (unpaired) electrons. The number of aromatic nitrogens is 3. The second-order valence-electron chi connectivity index (χ2n) is 5.16. The van der Waals surface area contributed by atoms with Crippen LogP contribution in [0.3, 0.4) is 0 Å². The molecule has 2 heterocycles. The highest BCUT2D eigenvalue weighted by molar-refractivity contribution is 5.88. The van der Waals surface area contributed by atoms with Gasteiger partial charge in [0.05, 0.1) is 5.69 Å². The number of aromatic carboxylic acids is 1. The molecule has 0 amide bonds. The van der Waals surface area contributed by atoms with Gasteiger partial charge in [-0.3, -0.25) is 0 Å². The standard InChI is InChI=1S/C13H11N3O3/c17-13(18)11-10-5-7-4-9(7)12(10)16(14-11)8-2-1-3-15(19)6-8/h1-3,6-7,9H,4-5H2,(H,17,18)/t7-,9-/m1/s1. The van der Waals surface area contributed by atoms with Crippen molar-refractivity contribution in [1.82, 2.24) is 9.78 Å². The zero-order chi connectivity index (χ0) is 13.1. The van der Waals surface area contributed by atoms with Gasteiger partial charge in [0, 0.05) is 17.5 Å². The molecule has 0 spiro atoms. The van der Waals surface area contributed by atoms with Crippen LogP contribution in [0.4, 0.5) is 0 Å². The number of carbonyl (C=O) groups is 1. The Bertz CT molecular complexity index is 707. The van der Waals surface area contributed by atoms with Gasteiger partial charge in [-0.05, 0) is 24.8 Å². The summed E-state index contributed by atoms with van der Waals surface area (Å²) < 4.78 is 2.33. The summed E-state index contributed by atoms with van der Waals surface area (Å²) in [6, 6.07) is 3.40. The van der Waals surface area contributed by atoms with Crippen LogP contribution in [-0.2, 0) is 6.42 Å². The number of fused-ring (bicyclic) bond motifs is 3. The molecule has 2 aliphatic carbocycles. The van der Waals surface area contributed by atoms with E-state index in [1.54, 1.807) is 16.8 Å². The summed E-state index contributed by atoms with van der Waals surface area (Å²) in [4.78, 5) is 11.3. The maximum atomic E-state index is 11.4. The first kappa shape index (κ1) is 10.5. The molecule has 96 valence electrons. The number of pyridine rings is 1. The minimum atomic E-state index is -0.998. The summed E-state index contributed by atoms with van der Waals surface area (Å²) in [5.41, 5.74) is 2.57. The molecule has 0 saturated heterocycles. The Morgan fingerprint density at radius 3 is 3.16 bits per heavy atom. The van der Waals surface area contributed by atoms with Gasteiger partial charge in [0.1, 0.15) is 5.69 Å². The zero-order valence-electron chi connectivity index (χ0n) is 9.98. The summed E-state index contributed by atoms with van der Waals surface area (Å²) >= 11 is 0. The third-order valence-corrected chi connectivity index (χ3v) is 3.97. The monoisotopic (exact) mass is 257 g/mol. The molecule has 1 saturated carbocycles. The van der Waals surface area contributed by atoms with E-state index in [-0.39, 0.29) is 5.69 Å². The Morgan fingerprint density at radius 2 is 2.42 bits per heavy atom. The SMILES string of the molecule is O=C(O)c1nn(-c2ccc[n+]([O-])c2)c2c1C[C@H]1C[C@@H]21. The van der Waals surface area contributed by atoms with Crippen LogP contribution in [0.5, 0.6) is 0 Å². The van der Waals surface area contributed by atoms with Crippen molar-refractivity contribution < 1.29 is 14.6 Å². The highest BCUT2D eigenvalue weighted by Crippen LogP contribution is 2.57. The van der Waals surface area contributed by atoms with Crippen LogP contribution in [0, 0.1) is 11.1 Å².